The third-order valence-electron chi connectivity index (χ3n) is 4.89. The van der Waals surface area contributed by atoms with E-state index in [1.54, 1.807) is 11.8 Å². The number of hydrogen-bond acceptors (Lipinski definition) is 3. The monoisotopic (exact) mass is 312 g/mol. The summed E-state index contributed by atoms with van der Waals surface area (Å²) < 4.78 is 2.04. The van der Waals surface area contributed by atoms with Crippen molar-refractivity contribution in [1.82, 2.24) is 9.55 Å². The van der Waals surface area contributed by atoms with Gasteiger partial charge in [0.25, 0.3) is 0 Å². The van der Waals surface area contributed by atoms with E-state index in [2.05, 4.69) is 29.2 Å². The van der Waals surface area contributed by atoms with Crippen LogP contribution in [0.25, 0.3) is 11.3 Å². The molecule has 0 atom stereocenters. The second kappa shape index (κ2) is 5.92. The summed E-state index contributed by atoms with van der Waals surface area (Å²) in [7, 11) is 0. The van der Waals surface area contributed by atoms with Crippen molar-refractivity contribution in [3.8, 4) is 11.3 Å². The lowest BCUT2D eigenvalue weighted by atomic mass is 9.84. The van der Waals surface area contributed by atoms with E-state index in [0.717, 1.165) is 46.6 Å². The summed E-state index contributed by atoms with van der Waals surface area (Å²) in [5.41, 5.74) is 4.07. The first kappa shape index (κ1) is 14.1. The van der Waals surface area contributed by atoms with Crippen molar-refractivity contribution < 1.29 is 4.79 Å². The summed E-state index contributed by atoms with van der Waals surface area (Å²) >= 11 is 1.73. The predicted octanol–water partition coefficient (Wildman–Crippen LogP) is 4.52. The first-order valence-electron chi connectivity index (χ1n) is 8.15. The quantitative estimate of drug-likeness (QED) is 0.782. The van der Waals surface area contributed by atoms with E-state index >= 15 is 0 Å². The van der Waals surface area contributed by atoms with E-state index in [-0.39, 0.29) is 0 Å². The Labute approximate surface area is 135 Å². The topological polar surface area (TPSA) is 34.9 Å². The molecule has 0 bridgehead atoms. The van der Waals surface area contributed by atoms with Gasteiger partial charge in [0.1, 0.15) is 11.4 Å². The minimum Gasteiger partial charge on any atom is -0.315 e. The number of thioether (sulfide) groups is 1. The van der Waals surface area contributed by atoms with Gasteiger partial charge in [-0.2, -0.15) is 0 Å². The van der Waals surface area contributed by atoms with Gasteiger partial charge in [-0.3, -0.25) is 4.79 Å². The zero-order valence-corrected chi connectivity index (χ0v) is 13.4. The van der Waals surface area contributed by atoms with E-state index in [1.807, 2.05) is 4.57 Å². The van der Waals surface area contributed by atoms with Crippen LogP contribution in [0.3, 0.4) is 0 Å². The number of hydrogen-bond donors (Lipinski definition) is 0. The van der Waals surface area contributed by atoms with Gasteiger partial charge < -0.3 is 4.57 Å². The molecule has 114 valence electrons. The number of aldehydes is 1. The van der Waals surface area contributed by atoms with Crippen molar-refractivity contribution in [1.29, 1.82) is 0 Å². The number of fused-ring (bicyclic) bond motifs is 1. The van der Waals surface area contributed by atoms with Crippen LogP contribution < -0.4 is 0 Å². The van der Waals surface area contributed by atoms with Gasteiger partial charge in [-0.1, -0.05) is 55.3 Å². The van der Waals surface area contributed by atoms with Gasteiger partial charge in [0.05, 0.1) is 0 Å². The molecule has 1 aromatic carbocycles. The average molecular weight is 312 g/mol. The number of carbonyl (C=O) groups excluding carboxylic acids is 1. The largest absolute Gasteiger partial charge is 0.315 e. The van der Waals surface area contributed by atoms with Gasteiger partial charge in [0, 0.05) is 17.9 Å². The third kappa shape index (κ3) is 2.39. The number of imidazole rings is 1. The Bertz CT molecular complexity index is 684. The molecular formula is C18H20N2OS. The standard InChI is InChI=1S/C18H20N2OS/c21-12-16-17(19-18-20(16)10-11-22-18)15-8-6-14(7-9-15)13-4-2-1-3-5-13/h6-9,12-13H,1-5,10-11H2. The van der Waals surface area contributed by atoms with Crippen LogP contribution in [-0.4, -0.2) is 21.6 Å². The Morgan fingerprint density at radius 2 is 1.91 bits per heavy atom. The maximum Gasteiger partial charge on any atom is 0.169 e. The van der Waals surface area contributed by atoms with Crippen LogP contribution in [0.4, 0.5) is 0 Å². The van der Waals surface area contributed by atoms with Gasteiger partial charge in [-0.05, 0) is 24.3 Å². The van der Waals surface area contributed by atoms with Gasteiger partial charge in [-0.25, -0.2) is 4.98 Å². The van der Waals surface area contributed by atoms with Gasteiger partial charge in [-0.15, -0.1) is 0 Å². The molecule has 0 unspecified atom stereocenters. The van der Waals surface area contributed by atoms with Crippen LogP contribution >= 0.6 is 11.8 Å². The highest BCUT2D eigenvalue weighted by Crippen LogP contribution is 2.35. The fourth-order valence-corrected chi connectivity index (χ4v) is 4.64. The van der Waals surface area contributed by atoms with Crippen LogP contribution in [0.1, 0.15) is 54.1 Å². The van der Waals surface area contributed by atoms with Gasteiger partial charge in [0.15, 0.2) is 11.4 Å². The molecular weight excluding hydrogens is 292 g/mol. The zero-order chi connectivity index (χ0) is 14.9. The summed E-state index contributed by atoms with van der Waals surface area (Å²) in [5, 5.41) is 0.980. The lowest BCUT2D eigenvalue weighted by Crippen LogP contribution is -2.04. The molecule has 1 aliphatic heterocycles. The van der Waals surface area contributed by atoms with Crippen LogP contribution in [0.5, 0.6) is 0 Å². The van der Waals surface area contributed by atoms with Crippen molar-refractivity contribution >= 4 is 18.0 Å². The zero-order valence-electron chi connectivity index (χ0n) is 12.6. The fourth-order valence-electron chi connectivity index (χ4n) is 3.68. The van der Waals surface area contributed by atoms with Crippen molar-refractivity contribution in [2.45, 2.75) is 49.7 Å². The molecule has 0 N–H and O–H groups in total. The Balaban J connectivity index is 1.65. The van der Waals surface area contributed by atoms with E-state index in [9.17, 15) is 4.79 Å². The van der Waals surface area contributed by atoms with Crippen molar-refractivity contribution in [3.05, 3.63) is 35.5 Å². The van der Waals surface area contributed by atoms with E-state index in [4.69, 9.17) is 0 Å². The molecule has 4 rings (SSSR count). The minimum atomic E-state index is 0.718. The molecule has 1 saturated carbocycles. The Hall–Kier alpha value is -1.55. The Morgan fingerprint density at radius 3 is 2.64 bits per heavy atom. The number of benzene rings is 1. The molecule has 22 heavy (non-hydrogen) atoms. The molecule has 0 saturated heterocycles. The third-order valence-corrected chi connectivity index (χ3v) is 5.85. The summed E-state index contributed by atoms with van der Waals surface area (Å²) in [4.78, 5) is 16.1. The summed E-state index contributed by atoms with van der Waals surface area (Å²) in [6.07, 6.45) is 7.67. The number of aromatic nitrogens is 2. The number of carbonyl (C=O) groups is 1. The second-order valence-electron chi connectivity index (χ2n) is 6.20. The SMILES string of the molecule is O=Cc1c(-c2ccc(C3CCCCC3)cc2)nc2n1CCS2. The van der Waals surface area contributed by atoms with Gasteiger partial charge >= 0.3 is 0 Å². The van der Waals surface area contributed by atoms with E-state index < -0.39 is 0 Å². The van der Waals surface area contributed by atoms with Crippen molar-refractivity contribution in [2.24, 2.45) is 0 Å². The fraction of sp³-hybridized carbons (Fsp3) is 0.444. The number of nitrogens with zero attached hydrogens (tertiary/aromatic N) is 2. The summed E-state index contributed by atoms with van der Waals surface area (Å²) in [6, 6.07) is 8.74. The maximum atomic E-state index is 11.5. The van der Waals surface area contributed by atoms with Crippen molar-refractivity contribution in [3.63, 3.8) is 0 Å². The van der Waals surface area contributed by atoms with Crippen LogP contribution in [0, 0.1) is 0 Å². The maximum absolute atomic E-state index is 11.5. The van der Waals surface area contributed by atoms with Crippen molar-refractivity contribution in [2.75, 3.05) is 5.75 Å². The average Bonchev–Trinajstić information content (AvgIpc) is 3.16. The van der Waals surface area contributed by atoms with Crippen LogP contribution in [0.2, 0.25) is 0 Å². The molecule has 0 radical (unpaired) electrons. The first-order chi connectivity index (χ1) is 10.9. The molecule has 2 heterocycles. The molecule has 1 aliphatic carbocycles. The number of rotatable bonds is 3. The summed E-state index contributed by atoms with van der Waals surface area (Å²) in [5.74, 6) is 1.74. The molecule has 1 aromatic heterocycles. The van der Waals surface area contributed by atoms with Gasteiger partial charge in [0.2, 0.25) is 0 Å². The Kier molecular flexibility index (Phi) is 3.78. The van der Waals surface area contributed by atoms with Crippen LogP contribution in [-0.2, 0) is 6.54 Å². The minimum absolute atomic E-state index is 0.718. The first-order valence-corrected chi connectivity index (χ1v) is 9.14. The van der Waals surface area contributed by atoms with Crippen LogP contribution in [0.15, 0.2) is 29.4 Å². The highest BCUT2D eigenvalue weighted by Gasteiger charge is 2.22. The molecule has 4 heteroatoms. The normalized spacial score (nSPS) is 18.4. The highest BCUT2D eigenvalue weighted by atomic mass is 32.2. The highest BCUT2D eigenvalue weighted by molar-refractivity contribution is 7.99. The molecule has 1 fully saturated rings. The molecule has 0 amide bonds. The molecule has 2 aromatic rings. The Morgan fingerprint density at radius 1 is 1.14 bits per heavy atom. The summed E-state index contributed by atoms with van der Waals surface area (Å²) in [6.45, 7) is 0.890. The smallest absolute Gasteiger partial charge is 0.169 e. The lowest BCUT2D eigenvalue weighted by molar-refractivity contribution is 0.111. The van der Waals surface area contributed by atoms with E-state index in [1.165, 1.54) is 37.7 Å². The molecule has 3 nitrogen and oxygen atoms in total. The lowest BCUT2D eigenvalue weighted by Gasteiger charge is -2.22. The second-order valence-corrected chi connectivity index (χ2v) is 7.27. The predicted molar refractivity (Wildman–Crippen MR) is 89.6 cm³/mol. The molecule has 2 aliphatic rings. The van der Waals surface area contributed by atoms with E-state index in [0.29, 0.717) is 0 Å². The molecule has 0 spiro atoms.